The van der Waals surface area contributed by atoms with Crippen LogP contribution in [0.3, 0.4) is 0 Å². The van der Waals surface area contributed by atoms with E-state index >= 15 is 0 Å². The van der Waals surface area contributed by atoms with Crippen LogP contribution in [0.4, 0.5) is 33.9 Å². The maximum atomic E-state index is 14.9. The van der Waals surface area contributed by atoms with Crippen LogP contribution < -0.4 is 15.8 Å². The maximum Gasteiger partial charge on any atom is 0.404 e. The van der Waals surface area contributed by atoms with Gasteiger partial charge in [-0.15, -0.1) is 0 Å². The molecule has 0 aliphatic rings. The lowest BCUT2D eigenvalue weighted by atomic mass is 10.1. The van der Waals surface area contributed by atoms with E-state index < -0.39 is 29.8 Å². The number of carbonyl (C=O) groups is 1. The van der Waals surface area contributed by atoms with Gasteiger partial charge in [0.05, 0.1) is 24.2 Å². The number of aromatic nitrogens is 5. The molecule has 3 N–H and O–H groups in total. The number of nitrogens with one attached hydrogen (secondary N) is 1. The number of para-hydroxylation sites is 1. The number of primary amides is 1. The molecule has 0 saturated heterocycles. The Hall–Kier alpha value is -5.27. The standard InChI is InChI=1S/C28H23F4N7O3/c1-2-41-17-10-20(29)19(21(30)11-17)13-39-23-6-4-3-5-18(23)24(38-39)27-35-12-15(14-42-28(33)40)26(37-27)36-16-7-8-34-22(9-16)25(31)32/h3-12,25H,2,13-14H2,1H3,(H2,33,40)(H,34,35,36,37). The smallest absolute Gasteiger partial charge is 0.404 e. The zero-order chi connectivity index (χ0) is 29.8. The van der Waals surface area contributed by atoms with E-state index in [-0.39, 0.29) is 59.7 Å². The molecule has 1 amide bonds. The van der Waals surface area contributed by atoms with E-state index in [0.717, 1.165) is 18.2 Å². The first-order valence-electron chi connectivity index (χ1n) is 12.6. The van der Waals surface area contributed by atoms with E-state index in [0.29, 0.717) is 10.9 Å². The minimum atomic E-state index is -2.80. The third-order valence-electron chi connectivity index (χ3n) is 6.11. The number of hydrogen-bond acceptors (Lipinski definition) is 8. The van der Waals surface area contributed by atoms with Gasteiger partial charge in [-0.25, -0.2) is 32.3 Å². The van der Waals surface area contributed by atoms with Gasteiger partial charge in [0.15, 0.2) is 5.82 Å². The third kappa shape index (κ3) is 6.06. The number of pyridine rings is 1. The van der Waals surface area contributed by atoms with Gasteiger partial charge < -0.3 is 20.5 Å². The number of hydrogen-bond donors (Lipinski definition) is 2. The Morgan fingerprint density at radius 3 is 2.57 bits per heavy atom. The Balaban J connectivity index is 1.56. The van der Waals surface area contributed by atoms with Gasteiger partial charge >= 0.3 is 6.09 Å². The number of ether oxygens (including phenoxy) is 2. The number of alkyl halides is 2. The first-order valence-corrected chi connectivity index (χ1v) is 12.6. The highest BCUT2D eigenvalue weighted by Crippen LogP contribution is 2.30. The van der Waals surface area contributed by atoms with Crippen molar-refractivity contribution in [1.82, 2.24) is 24.7 Å². The van der Waals surface area contributed by atoms with Crippen LogP contribution >= 0.6 is 0 Å². The molecule has 10 nitrogen and oxygen atoms in total. The molecule has 3 aromatic heterocycles. The number of halogens is 4. The van der Waals surface area contributed by atoms with E-state index in [2.05, 4.69) is 25.4 Å². The second kappa shape index (κ2) is 12.1. The van der Waals surface area contributed by atoms with Crippen molar-refractivity contribution in [1.29, 1.82) is 0 Å². The Morgan fingerprint density at radius 1 is 1.10 bits per heavy atom. The number of nitrogens with zero attached hydrogens (tertiary/aromatic N) is 5. The molecular weight excluding hydrogens is 558 g/mol. The summed E-state index contributed by atoms with van der Waals surface area (Å²) in [6.45, 7) is 1.41. The number of nitrogens with two attached hydrogens (primary N) is 1. The van der Waals surface area contributed by atoms with Crippen LogP contribution in [0.25, 0.3) is 22.4 Å². The van der Waals surface area contributed by atoms with E-state index in [1.54, 1.807) is 31.2 Å². The summed E-state index contributed by atoms with van der Waals surface area (Å²) in [5.74, 6) is -1.28. The molecule has 3 heterocycles. The largest absolute Gasteiger partial charge is 0.494 e. The molecule has 2 aromatic carbocycles. The lowest BCUT2D eigenvalue weighted by Crippen LogP contribution is -2.14. The van der Waals surface area contributed by atoms with Crippen LogP contribution in [0.1, 0.15) is 30.2 Å². The lowest BCUT2D eigenvalue weighted by Gasteiger charge is -2.12. The minimum Gasteiger partial charge on any atom is -0.494 e. The van der Waals surface area contributed by atoms with Crippen LogP contribution in [0, 0.1) is 11.6 Å². The van der Waals surface area contributed by atoms with Crippen molar-refractivity contribution < 1.29 is 31.8 Å². The average molecular weight is 582 g/mol. The molecule has 0 aliphatic carbocycles. The second-order valence-corrected chi connectivity index (χ2v) is 8.89. The van der Waals surface area contributed by atoms with E-state index in [4.69, 9.17) is 15.2 Å². The number of rotatable bonds is 10. The Bertz CT molecular complexity index is 1740. The van der Waals surface area contributed by atoms with Crippen LogP contribution in [0.15, 0.2) is 60.9 Å². The highest BCUT2D eigenvalue weighted by atomic mass is 19.3. The summed E-state index contributed by atoms with van der Waals surface area (Å²) in [5, 5.41) is 8.08. The first kappa shape index (κ1) is 28.3. The molecule has 0 aliphatic heterocycles. The summed E-state index contributed by atoms with van der Waals surface area (Å²) in [4.78, 5) is 23.7. The van der Waals surface area contributed by atoms with Gasteiger partial charge in [0.25, 0.3) is 6.43 Å². The van der Waals surface area contributed by atoms with Gasteiger partial charge in [-0.1, -0.05) is 18.2 Å². The van der Waals surface area contributed by atoms with Gasteiger partial charge in [0.1, 0.15) is 41.2 Å². The van der Waals surface area contributed by atoms with Crippen molar-refractivity contribution in [2.75, 3.05) is 11.9 Å². The summed E-state index contributed by atoms with van der Waals surface area (Å²) >= 11 is 0. The summed E-state index contributed by atoms with van der Waals surface area (Å²) in [5.41, 5.74) is 5.79. The van der Waals surface area contributed by atoms with Crippen molar-refractivity contribution >= 4 is 28.5 Å². The maximum absolute atomic E-state index is 14.9. The molecule has 5 aromatic rings. The fraction of sp³-hybridized carbons (Fsp3) is 0.179. The van der Waals surface area contributed by atoms with Gasteiger partial charge in [-0.3, -0.25) is 9.67 Å². The third-order valence-corrected chi connectivity index (χ3v) is 6.11. The van der Waals surface area contributed by atoms with Gasteiger partial charge in [0.2, 0.25) is 0 Å². The van der Waals surface area contributed by atoms with Crippen molar-refractivity contribution in [3.63, 3.8) is 0 Å². The highest BCUT2D eigenvalue weighted by molar-refractivity contribution is 5.92. The molecule has 0 spiro atoms. The molecule has 5 rings (SSSR count). The number of amides is 1. The molecule has 0 bridgehead atoms. The molecule has 42 heavy (non-hydrogen) atoms. The summed E-state index contributed by atoms with van der Waals surface area (Å²) in [6, 6.07) is 11.8. The number of benzene rings is 2. The zero-order valence-corrected chi connectivity index (χ0v) is 22.0. The number of anilines is 2. The molecule has 14 heteroatoms. The predicted octanol–water partition coefficient (Wildman–Crippen LogP) is 5.89. The molecular formula is C28H23F4N7O3. The van der Waals surface area contributed by atoms with Crippen molar-refractivity contribution in [2.24, 2.45) is 5.73 Å². The minimum absolute atomic E-state index is 0.0750. The highest BCUT2D eigenvalue weighted by Gasteiger charge is 2.20. The fourth-order valence-corrected chi connectivity index (χ4v) is 4.21. The van der Waals surface area contributed by atoms with E-state index in [9.17, 15) is 22.4 Å². The van der Waals surface area contributed by atoms with Gasteiger partial charge in [-0.05, 0) is 25.1 Å². The summed E-state index contributed by atoms with van der Waals surface area (Å²) in [7, 11) is 0. The molecule has 0 unspecified atom stereocenters. The Labute approximate surface area is 236 Å². The van der Waals surface area contributed by atoms with Crippen molar-refractivity contribution in [3.05, 3.63) is 89.4 Å². The van der Waals surface area contributed by atoms with Crippen LogP contribution in [0.2, 0.25) is 0 Å². The number of fused-ring (bicyclic) bond motifs is 1. The van der Waals surface area contributed by atoms with Gasteiger partial charge in [0, 0.05) is 41.2 Å². The molecule has 0 atom stereocenters. The Kier molecular flexibility index (Phi) is 8.13. The van der Waals surface area contributed by atoms with Crippen molar-refractivity contribution in [3.8, 4) is 17.3 Å². The van der Waals surface area contributed by atoms with Gasteiger partial charge in [-0.2, -0.15) is 5.10 Å². The number of carbonyl (C=O) groups excluding carboxylic acids is 1. The van der Waals surface area contributed by atoms with Crippen LogP contribution in [-0.4, -0.2) is 37.4 Å². The Morgan fingerprint density at radius 2 is 1.86 bits per heavy atom. The normalized spacial score (nSPS) is 11.2. The van der Waals surface area contributed by atoms with Crippen LogP contribution in [-0.2, 0) is 17.9 Å². The summed E-state index contributed by atoms with van der Waals surface area (Å²) in [6.07, 6.45) is -1.26. The first-order chi connectivity index (χ1) is 20.2. The van der Waals surface area contributed by atoms with E-state index in [1.807, 2.05) is 0 Å². The SMILES string of the molecule is CCOc1cc(F)c(Cn2nc(-c3ncc(COC(N)=O)c(Nc4ccnc(C(F)F)c4)n3)c3ccccc32)c(F)c1. The molecule has 0 saturated carbocycles. The lowest BCUT2D eigenvalue weighted by molar-refractivity contribution is 0.146. The molecule has 216 valence electrons. The monoisotopic (exact) mass is 581 g/mol. The summed E-state index contributed by atoms with van der Waals surface area (Å²) < 4.78 is 67.7. The predicted molar refractivity (Wildman–Crippen MR) is 144 cm³/mol. The molecule has 0 fully saturated rings. The topological polar surface area (TPSA) is 130 Å². The van der Waals surface area contributed by atoms with E-state index in [1.165, 1.54) is 23.1 Å². The molecule has 0 radical (unpaired) electrons. The quantitative estimate of drug-likeness (QED) is 0.195. The second-order valence-electron chi connectivity index (χ2n) is 8.89. The fourth-order valence-electron chi connectivity index (χ4n) is 4.21. The zero-order valence-electron chi connectivity index (χ0n) is 22.0. The van der Waals surface area contributed by atoms with Crippen molar-refractivity contribution in [2.45, 2.75) is 26.5 Å². The average Bonchev–Trinajstić information content (AvgIpc) is 3.33. The van der Waals surface area contributed by atoms with Crippen LogP contribution in [0.5, 0.6) is 5.75 Å².